The van der Waals surface area contributed by atoms with Crippen molar-refractivity contribution < 1.29 is 18.3 Å². The lowest BCUT2D eigenvalue weighted by Crippen LogP contribution is -2.35. The highest BCUT2D eigenvalue weighted by Gasteiger charge is 2.18. The summed E-state index contributed by atoms with van der Waals surface area (Å²) in [5, 5.41) is 8.55. The molecule has 1 N–H and O–H groups in total. The van der Waals surface area contributed by atoms with E-state index in [2.05, 4.69) is 0 Å². The van der Waals surface area contributed by atoms with Crippen LogP contribution in [0.25, 0.3) is 0 Å². The van der Waals surface area contributed by atoms with E-state index >= 15 is 0 Å². The van der Waals surface area contributed by atoms with Crippen LogP contribution < -0.4 is 0 Å². The number of rotatable bonds is 8. The van der Waals surface area contributed by atoms with Gasteiger partial charge in [-0.3, -0.25) is 0 Å². The minimum absolute atomic E-state index is 0.00105. The fraction of sp³-hybridized carbons (Fsp3) is 1.00. The van der Waals surface area contributed by atoms with Crippen molar-refractivity contribution in [2.24, 2.45) is 0 Å². The number of hydrogen-bond acceptors (Lipinski definition) is 4. The van der Waals surface area contributed by atoms with Gasteiger partial charge >= 0.3 is 0 Å². The van der Waals surface area contributed by atoms with Crippen LogP contribution in [0.3, 0.4) is 0 Å². The molecule has 0 bridgehead atoms. The molecule has 0 saturated carbocycles. The second-order valence-corrected chi connectivity index (χ2v) is 4.97. The first kappa shape index (κ1) is 13.8. The fourth-order valence-electron chi connectivity index (χ4n) is 1.06. The zero-order valence-corrected chi connectivity index (χ0v) is 9.59. The van der Waals surface area contributed by atoms with E-state index in [1.54, 1.807) is 6.92 Å². The Morgan fingerprint density at radius 2 is 2.07 bits per heavy atom. The maximum atomic E-state index is 11.6. The van der Waals surface area contributed by atoms with Gasteiger partial charge in [0.05, 0.1) is 12.4 Å². The highest BCUT2D eigenvalue weighted by atomic mass is 32.2. The maximum absolute atomic E-state index is 11.6. The van der Waals surface area contributed by atoms with E-state index in [9.17, 15) is 8.42 Å². The van der Waals surface area contributed by atoms with Crippen molar-refractivity contribution in [2.45, 2.75) is 13.3 Å². The summed E-state index contributed by atoms with van der Waals surface area (Å²) in [5.41, 5.74) is 0. The number of aliphatic hydroxyl groups is 1. The van der Waals surface area contributed by atoms with Crippen LogP contribution in [0.15, 0.2) is 0 Å². The molecule has 5 nitrogen and oxygen atoms in total. The van der Waals surface area contributed by atoms with E-state index in [0.717, 1.165) is 0 Å². The molecule has 0 aliphatic carbocycles. The van der Waals surface area contributed by atoms with Gasteiger partial charge in [-0.05, 0) is 6.42 Å². The monoisotopic (exact) mass is 225 g/mol. The van der Waals surface area contributed by atoms with Crippen molar-refractivity contribution in [1.82, 2.24) is 4.31 Å². The predicted octanol–water partition coefficient (Wildman–Crippen LogP) is -0.333. The van der Waals surface area contributed by atoms with E-state index in [-0.39, 0.29) is 18.8 Å². The van der Waals surface area contributed by atoms with Crippen molar-refractivity contribution >= 4 is 10.0 Å². The molecule has 6 heteroatoms. The largest absolute Gasteiger partial charge is 0.396 e. The Morgan fingerprint density at radius 1 is 1.43 bits per heavy atom. The SMILES string of the molecule is CCN(CCOC)S(=O)(=O)CCCO. The van der Waals surface area contributed by atoms with Gasteiger partial charge in [-0.1, -0.05) is 6.92 Å². The minimum atomic E-state index is -3.21. The lowest BCUT2D eigenvalue weighted by molar-refractivity contribution is 0.180. The van der Waals surface area contributed by atoms with Gasteiger partial charge in [0.2, 0.25) is 10.0 Å². The Morgan fingerprint density at radius 3 is 2.50 bits per heavy atom. The zero-order valence-electron chi connectivity index (χ0n) is 8.77. The van der Waals surface area contributed by atoms with Gasteiger partial charge in [-0.15, -0.1) is 0 Å². The molecule has 0 saturated heterocycles. The lowest BCUT2D eigenvalue weighted by Gasteiger charge is -2.19. The summed E-state index contributed by atoms with van der Waals surface area (Å²) in [7, 11) is -1.68. The Kier molecular flexibility index (Phi) is 7.08. The van der Waals surface area contributed by atoms with E-state index in [0.29, 0.717) is 19.7 Å². The summed E-state index contributed by atoms with van der Waals surface area (Å²) in [4.78, 5) is 0. The van der Waals surface area contributed by atoms with Gasteiger partial charge in [-0.25, -0.2) is 8.42 Å². The van der Waals surface area contributed by atoms with Crippen molar-refractivity contribution in [3.63, 3.8) is 0 Å². The van der Waals surface area contributed by atoms with Crippen LogP contribution in [0.5, 0.6) is 0 Å². The highest BCUT2D eigenvalue weighted by molar-refractivity contribution is 7.89. The van der Waals surface area contributed by atoms with Crippen molar-refractivity contribution in [2.75, 3.05) is 39.2 Å². The van der Waals surface area contributed by atoms with E-state index in [1.807, 2.05) is 0 Å². The Balaban J connectivity index is 4.19. The average Bonchev–Trinajstić information content (AvgIpc) is 2.16. The number of nitrogens with zero attached hydrogens (tertiary/aromatic N) is 1. The van der Waals surface area contributed by atoms with E-state index in [1.165, 1.54) is 11.4 Å². The number of methoxy groups -OCH3 is 1. The number of likely N-dealkylation sites (N-methyl/N-ethyl adjacent to an activating group) is 1. The first-order valence-electron chi connectivity index (χ1n) is 4.66. The van der Waals surface area contributed by atoms with Crippen LogP contribution in [0.4, 0.5) is 0 Å². The van der Waals surface area contributed by atoms with Crippen molar-refractivity contribution in [1.29, 1.82) is 0 Å². The fourth-order valence-corrected chi connectivity index (χ4v) is 2.56. The lowest BCUT2D eigenvalue weighted by atomic mass is 10.5. The number of sulfonamides is 1. The molecule has 0 atom stereocenters. The molecule has 0 aromatic heterocycles. The third-order valence-electron chi connectivity index (χ3n) is 1.85. The maximum Gasteiger partial charge on any atom is 0.214 e. The second-order valence-electron chi connectivity index (χ2n) is 2.88. The number of ether oxygens (including phenoxy) is 1. The van der Waals surface area contributed by atoms with Gasteiger partial charge in [0.25, 0.3) is 0 Å². The van der Waals surface area contributed by atoms with Gasteiger partial charge in [0.1, 0.15) is 0 Å². The summed E-state index contributed by atoms with van der Waals surface area (Å²) in [5.74, 6) is 0.00105. The topological polar surface area (TPSA) is 66.8 Å². The van der Waals surface area contributed by atoms with Gasteiger partial charge in [0.15, 0.2) is 0 Å². The molecule has 0 amide bonds. The van der Waals surface area contributed by atoms with Gasteiger partial charge in [0, 0.05) is 26.8 Å². The van der Waals surface area contributed by atoms with Crippen LogP contribution in [-0.2, 0) is 14.8 Å². The molecule has 0 aromatic rings. The molecule has 0 aliphatic heterocycles. The average molecular weight is 225 g/mol. The number of aliphatic hydroxyl groups excluding tert-OH is 1. The van der Waals surface area contributed by atoms with Crippen LogP contribution in [0.1, 0.15) is 13.3 Å². The third kappa shape index (κ3) is 4.90. The summed E-state index contributed by atoms with van der Waals surface area (Å²) in [6, 6.07) is 0. The van der Waals surface area contributed by atoms with Crippen molar-refractivity contribution in [3.8, 4) is 0 Å². The van der Waals surface area contributed by atoms with Crippen LogP contribution in [-0.4, -0.2) is 57.0 Å². The molecular formula is C8H19NO4S. The molecule has 0 spiro atoms. The highest BCUT2D eigenvalue weighted by Crippen LogP contribution is 2.02. The Bertz CT molecular complexity index is 227. The van der Waals surface area contributed by atoms with Gasteiger partial charge < -0.3 is 9.84 Å². The molecule has 0 unspecified atom stereocenters. The van der Waals surface area contributed by atoms with E-state index in [4.69, 9.17) is 9.84 Å². The van der Waals surface area contributed by atoms with Crippen molar-refractivity contribution in [3.05, 3.63) is 0 Å². The summed E-state index contributed by atoms with van der Waals surface area (Å²) in [6.07, 6.45) is 0.284. The smallest absolute Gasteiger partial charge is 0.214 e. The zero-order chi connectivity index (χ0) is 11.0. The normalized spacial score (nSPS) is 12.3. The molecule has 0 rings (SSSR count). The summed E-state index contributed by atoms with van der Waals surface area (Å²) < 4.78 is 29.4. The molecule has 0 aliphatic rings. The number of hydrogen-bond donors (Lipinski definition) is 1. The van der Waals surface area contributed by atoms with Gasteiger partial charge in [-0.2, -0.15) is 4.31 Å². The molecule has 0 aromatic carbocycles. The Labute approximate surface area is 85.7 Å². The van der Waals surface area contributed by atoms with Crippen LogP contribution in [0.2, 0.25) is 0 Å². The minimum Gasteiger partial charge on any atom is -0.396 e. The first-order chi connectivity index (χ1) is 6.58. The molecule has 0 radical (unpaired) electrons. The first-order valence-corrected chi connectivity index (χ1v) is 6.27. The molecule has 86 valence electrons. The quantitative estimate of drug-likeness (QED) is 0.614. The van der Waals surface area contributed by atoms with Crippen LogP contribution >= 0.6 is 0 Å². The predicted molar refractivity (Wildman–Crippen MR) is 54.6 cm³/mol. The Hall–Kier alpha value is -0.170. The summed E-state index contributed by atoms with van der Waals surface area (Å²) >= 11 is 0. The molecule has 14 heavy (non-hydrogen) atoms. The molecular weight excluding hydrogens is 206 g/mol. The summed E-state index contributed by atoms with van der Waals surface area (Å²) in [6.45, 7) is 2.90. The second kappa shape index (κ2) is 7.17. The van der Waals surface area contributed by atoms with Crippen LogP contribution in [0, 0.1) is 0 Å². The molecule has 0 fully saturated rings. The van der Waals surface area contributed by atoms with E-state index < -0.39 is 10.0 Å². The molecule has 0 heterocycles. The third-order valence-corrected chi connectivity index (χ3v) is 3.88. The standard InChI is InChI=1S/C8H19NO4S/c1-3-9(5-7-13-2)14(11,12)8-4-6-10/h10H,3-8H2,1-2H3.